The standard InChI is InChI=1S/C18H14Cl2N4O/c1-11-10-16(17(25)22-14-6-2-12(19)3-7-14)24-18(21-11)23-15-8-4-13(20)5-9-15/h2-10H,1H3,(H,22,25)(H,21,23,24). The molecule has 1 heterocycles. The van der Waals surface area contributed by atoms with Crippen LogP contribution in [0.3, 0.4) is 0 Å². The van der Waals surface area contributed by atoms with E-state index in [9.17, 15) is 4.79 Å². The summed E-state index contributed by atoms with van der Waals surface area (Å²) in [5.74, 6) is 0.00978. The lowest BCUT2D eigenvalue weighted by molar-refractivity contribution is 0.102. The van der Waals surface area contributed by atoms with Crippen LogP contribution in [-0.2, 0) is 0 Å². The summed E-state index contributed by atoms with van der Waals surface area (Å²) in [6, 6.07) is 15.6. The fraction of sp³-hybridized carbons (Fsp3) is 0.0556. The van der Waals surface area contributed by atoms with E-state index in [1.165, 1.54) is 0 Å². The summed E-state index contributed by atoms with van der Waals surface area (Å²) in [6.45, 7) is 1.80. The molecule has 5 nitrogen and oxygen atoms in total. The predicted octanol–water partition coefficient (Wildman–Crippen LogP) is 5.09. The van der Waals surface area contributed by atoms with Gasteiger partial charge in [-0.15, -0.1) is 0 Å². The van der Waals surface area contributed by atoms with Gasteiger partial charge in [0, 0.05) is 27.1 Å². The van der Waals surface area contributed by atoms with Crippen LogP contribution in [0.4, 0.5) is 17.3 Å². The Hall–Kier alpha value is -2.63. The van der Waals surface area contributed by atoms with E-state index in [0.29, 0.717) is 27.4 Å². The highest BCUT2D eigenvalue weighted by Crippen LogP contribution is 2.18. The number of halogens is 2. The van der Waals surface area contributed by atoms with E-state index in [0.717, 1.165) is 5.69 Å². The van der Waals surface area contributed by atoms with Crippen molar-refractivity contribution in [3.05, 3.63) is 76.0 Å². The van der Waals surface area contributed by atoms with Gasteiger partial charge in [0.25, 0.3) is 5.91 Å². The lowest BCUT2D eigenvalue weighted by Gasteiger charge is -2.09. The maximum atomic E-state index is 12.4. The second-order valence-corrected chi connectivity index (χ2v) is 6.18. The molecule has 0 radical (unpaired) electrons. The zero-order chi connectivity index (χ0) is 17.8. The van der Waals surface area contributed by atoms with E-state index in [-0.39, 0.29) is 11.6 Å². The van der Waals surface area contributed by atoms with Gasteiger partial charge in [0.15, 0.2) is 0 Å². The number of nitrogens with one attached hydrogen (secondary N) is 2. The fourth-order valence-electron chi connectivity index (χ4n) is 2.13. The number of anilines is 3. The molecule has 0 saturated heterocycles. The average molecular weight is 373 g/mol. The predicted molar refractivity (Wildman–Crippen MR) is 101 cm³/mol. The number of aryl methyl sites for hydroxylation is 1. The smallest absolute Gasteiger partial charge is 0.274 e. The highest BCUT2D eigenvalue weighted by Gasteiger charge is 2.11. The summed E-state index contributed by atoms with van der Waals surface area (Å²) in [5.41, 5.74) is 2.35. The Kier molecular flexibility index (Phi) is 5.16. The van der Waals surface area contributed by atoms with Crippen molar-refractivity contribution in [1.29, 1.82) is 0 Å². The molecule has 0 atom stereocenters. The maximum absolute atomic E-state index is 12.4. The topological polar surface area (TPSA) is 66.9 Å². The zero-order valence-electron chi connectivity index (χ0n) is 13.3. The van der Waals surface area contributed by atoms with E-state index in [1.807, 2.05) is 12.1 Å². The number of carbonyl (C=O) groups is 1. The Morgan fingerprint density at radius 1 is 0.880 bits per heavy atom. The Morgan fingerprint density at radius 3 is 2.04 bits per heavy atom. The van der Waals surface area contributed by atoms with Crippen LogP contribution in [0.1, 0.15) is 16.2 Å². The number of carbonyl (C=O) groups excluding carboxylic acids is 1. The summed E-state index contributed by atoms with van der Waals surface area (Å²) >= 11 is 11.7. The van der Waals surface area contributed by atoms with E-state index >= 15 is 0 Å². The van der Waals surface area contributed by atoms with Crippen LogP contribution >= 0.6 is 23.2 Å². The number of rotatable bonds is 4. The number of hydrogen-bond donors (Lipinski definition) is 2. The van der Waals surface area contributed by atoms with Gasteiger partial charge in [-0.3, -0.25) is 4.79 Å². The molecule has 0 bridgehead atoms. The summed E-state index contributed by atoms with van der Waals surface area (Å²) < 4.78 is 0. The van der Waals surface area contributed by atoms with Crippen molar-refractivity contribution in [3.63, 3.8) is 0 Å². The SMILES string of the molecule is Cc1cc(C(=O)Nc2ccc(Cl)cc2)nc(Nc2ccc(Cl)cc2)n1. The first-order chi connectivity index (χ1) is 12.0. The Labute approximate surface area is 155 Å². The number of benzene rings is 2. The molecule has 0 saturated carbocycles. The Bertz CT molecular complexity index is 896. The van der Waals surface area contributed by atoms with Crippen molar-refractivity contribution in [3.8, 4) is 0 Å². The summed E-state index contributed by atoms with van der Waals surface area (Å²) in [4.78, 5) is 21.0. The monoisotopic (exact) mass is 372 g/mol. The third kappa shape index (κ3) is 4.68. The number of nitrogens with zero attached hydrogens (tertiary/aromatic N) is 2. The number of hydrogen-bond acceptors (Lipinski definition) is 4. The van der Waals surface area contributed by atoms with Crippen LogP contribution in [0.2, 0.25) is 10.0 Å². The summed E-state index contributed by atoms with van der Waals surface area (Å²) in [6.07, 6.45) is 0. The van der Waals surface area contributed by atoms with Crippen LogP contribution in [0.15, 0.2) is 54.6 Å². The molecule has 0 aliphatic carbocycles. The first kappa shape index (κ1) is 17.2. The van der Waals surface area contributed by atoms with E-state index in [2.05, 4.69) is 20.6 Å². The lowest BCUT2D eigenvalue weighted by atomic mass is 10.3. The number of aromatic nitrogens is 2. The van der Waals surface area contributed by atoms with Gasteiger partial charge in [0.05, 0.1) is 0 Å². The molecule has 0 aliphatic heterocycles. The summed E-state index contributed by atoms with van der Waals surface area (Å²) in [7, 11) is 0. The molecule has 0 aliphatic rings. The van der Waals surface area contributed by atoms with E-state index in [4.69, 9.17) is 23.2 Å². The van der Waals surface area contributed by atoms with Gasteiger partial charge < -0.3 is 10.6 Å². The van der Waals surface area contributed by atoms with Gasteiger partial charge >= 0.3 is 0 Å². The molecule has 7 heteroatoms. The Balaban J connectivity index is 1.79. The first-order valence-electron chi connectivity index (χ1n) is 7.45. The third-order valence-electron chi connectivity index (χ3n) is 3.29. The van der Waals surface area contributed by atoms with Crippen molar-refractivity contribution < 1.29 is 4.79 Å². The third-order valence-corrected chi connectivity index (χ3v) is 3.79. The minimum atomic E-state index is -0.327. The van der Waals surface area contributed by atoms with Crippen LogP contribution in [0.25, 0.3) is 0 Å². The quantitative estimate of drug-likeness (QED) is 0.669. The molecule has 0 spiro atoms. The van der Waals surface area contributed by atoms with Gasteiger partial charge in [-0.05, 0) is 61.5 Å². The van der Waals surface area contributed by atoms with Gasteiger partial charge in [0.1, 0.15) is 5.69 Å². The van der Waals surface area contributed by atoms with Crippen LogP contribution in [-0.4, -0.2) is 15.9 Å². The van der Waals surface area contributed by atoms with Gasteiger partial charge in [0.2, 0.25) is 5.95 Å². The van der Waals surface area contributed by atoms with Crippen molar-refractivity contribution in [2.75, 3.05) is 10.6 Å². The minimum Gasteiger partial charge on any atom is -0.324 e. The molecule has 2 N–H and O–H groups in total. The number of amides is 1. The second-order valence-electron chi connectivity index (χ2n) is 5.31. The minimum absolute atomic E-state index is 0.263. The van der Waals surface area contributed by atoms with Crippen molar-refractivity contribution in [1.82, 2.24) is 9.97 Å². The Morgan fingerprint density at radius 2 is 1.44 bits per heavy atom. The van der Waals surface area contributed by atoms with E-state index in [1.54, 1.807) is 49.4 Å². The van der Waals surface area contributed by atoms with E-state index < -0.39 is 0 Å². The molecule has 126 valence electrons. The molecule has 0 unspecified atom stereocenters. The van der Waals surface area contributed by atoms with Crippen molar-refractivity contribution in [2.24, 2.45) is 0 Å². The van der Waals surface area contributed by atoms with Crippen LogP contribution < -0.4 is 10.6 Å². The molecular weight excluding hydrogens is 359 g/mol. The van der Waals surface area contributed by atoms with Gasteiger partial charge in [-0.2, -0.15) is 0 Å². The second kappa shape index (κ2) is 7.51. The van der Waals surface area contributed by atoms with Crippen molar-refractivity contribution >= 4 is 46.4 Å². The largest absolute Gasteiger partial charge is 0.324 e. The average Bonchev–Trinajstić information content (AvgIpc) is 2.58. The maximum Gasteiger partial charge on any atom is 0.274 e. The lowest BCUT2D eigenvalue weighted by Crippen LogP contribution is -2.15. The normalized spacial score (nSPS) is 10.4. The molecule has 3 aromatic rings. The first-order valence-corrected chi connectivity index (χ1v) is 8.20. The zero-order valence-corrected chi connectivity index (χ0v) is 14.8. The van der Waals surface area contributed by atoms with Gasteiger partial charge in [-0.25, -0.2) is 9.97 Å². The molecular formula is C18H14Cl2N4O. The molecule has 1 aromatic heterocycles. The summed E-state index contributed by atoms with van der Waals surface area (Å²) in [5, 5.41) is 7.08. The molecule has 3 rings (SSSR count). The molecule has 25 heavy (non-hydrogen) atoms. The fourth-order valence-corrected chi connectivity index (χ4v) is 2.38. The van der Waals surface area contributed by atoms with Crippen LogP contribution in [0, 0.1) is 6.92 Å². The van der Waals surface area contributed by atoms with Crippen molar-refractivity contribution in [2.45, 2.75) is 6.92 Å². The molecule has 0 fully saturated rings. The van der Waals surface area contributed by atoms with Gasteiger partial charge in [-0.1, -0.05) is 23.2 Å². The van der Waals surface area contributed by atoms with Crippen LogP contribution in [0.5, 0.6) is 0 Å². The molecule has 1 amide bonds. The highest BCUT2D eigenvalue weighted by atomic mass is 35.5. The highest BCUT2D eigenvalue weighted by molar-refractivity contribution is 6.30. The molecule has 2 aromatic carbocycles.